The van der Waals surface area contributed by atoms with Crippen LogP contribution in [0.2, 0.25) is 5.02 Å². The van der Waals surface area contributed by atoms with Gasteiger partial charge in [-0.15, -0.1) is 11.6 Å². The van der Waals surface area contributed by atoms with Crippen LogP contribution in [-0.4, -0.2) is 5.88 Å². The van der Waals surface area contributed by atoms with Crippen molar-refractivity contribution in [3.8, 4) is 0 Å². The largest absolute Gasteiger partial charge is 0.126 e. The monoisotopic (exact) mass is 278 g/mol. The average molecular weight is 279 g/mol. The van der Waals surface area contributed by atoms with E-state index in [1.54, 1.807) is 0 Å². The van der Waals surface area contributed by atoms with E-state index in [-0.39, 0.29) is 0 Å². The molecule has 0 saturated carbocycles. The van der Waals surface area contributed by atoms with E-state index >= 15 is 0 Å². The van der Waals surface area contributed by atoms with Gasteiger partial charge >= 0.3 is 0 Å². The van der Waals surface area contributed by atoms with Crippen LogP contribution < -0.4 is 0 Å². The first kappa shape index (κ1) is 13.5. The van der Waals surface area contributed by atoms with Crippen molar-refractivity contribution < 1.29 is 0 Å². The van der Waals surface area contributed by atoms with E-state index in [9.17, 15) is 0 Å². The normalized spacial score (nSPS) is 12.4. The Labute approximate surface area is 119 Å². The third-order valence-electron chi connectivity index (χ3n) is 3.16. The summed E-state index contributed by atoms with van der Waals surface area (Å²) < 4.78 is 0. The lowest BCUT2D eigenvalue weighted by molar-refractivity contribution is 0.766. The first-order chi connectivity index (χ1) is 8.70. The van der Waals surface area contributed by atoms with Crippen molar-refractivity contribution in [1.29, 1.82) is 0 Å². The van der Waals surface area contributed by atoms with E-state index < -0.39 is 0 Å². The summed E-state index contributed by atoms with van der Waals surface area (Å²) in [5.41, 5.74) is 3.70. The molecule has 2 aromatic carbocycles. The zero-order valence-electron chi connectivity index (χ0n) is 10.4. The van der Waals surface area contributed by atoms with Crippen LogP contribution in [0.5, 0.6) is 0 Å². The smallest absolute Gasteiger partial charge is 0.0438 e. The number of alkyl halides is 1. The molecule has 0 bridgehead atoms. The minimum absolute atomic E-state index is 0.312. The molecule has 0 spiro atoms. The van der Waals surface area contributed by atoms with Gasteiger partial charge in [-0.1, -0.05) is 59.6 Å². The highest BCUT2D eigenvalue weighted by Gasteiger charge is 2.12. The van der Waals surface area contributed by atoms with E-state index in [1.807, 2.05) is 18.2 Å². The van der Waals surface area contributed by atoms with Crippen LogP contribution in [0.15, 0.2) is 48.5 Å². The summed E-state index contributed by atoms with van der Waals surface area (Å²) in [7, 11) is 0. The Morgan fingerprint density at radius 2 is 1.67 bits per heavy atom. The number of aryl methyl sites for hydroxylation is 1. The molecule has 2 rings (SSSR count). The molecule has 0 N–H and O–H groups in total. The van der Waals surface area contributed by atoms with Crippen molar-refractivity contribution in [2.75, 3.05) is 5.88 Å². The first-order valence-electron chi connectivity index (χ1n) is 6.06. The fourth-order valence-electron chi connectivity index (χ4n) is 2.03. The Balaban J connectivity index is 2.20. The summed E-state index contributed by atoms with van der Waals surface area (Å²) in [6.07, 6.45) is 0.881. The molecule has 94 valence electrons. The molecule has 1 unspecified atom stereocenters. The average Bonchev–Trinajstić information content (AvgIpc) is 2.39. The van der Waals surface area contributed by atoms with Crippen molar-refractivity contribution in [1.82, 2.24) is 0 Å². The topological polar surface area (TPSA) is 0 Å². The first-order valence-corrected chi connectivity index (χ1v) is 6.98. The number of benzene rings is 2. The lowest BCUT2D eigenvalue weighted by atomic mass is 9.93. The lowest BCUT2D eigenvalue weighted by Crippen LogP contribution is -2.05. The van der Waals surface area contributed by atoms with Gasteiger partial charge in [0.05, 0.1) is 0 Å². The molecule has 0 saturated heterocycles. The highest BCUT2D eigenvalue weighted by molar-refractivity contribution is 6.31. The van der Waals surface area contributed by atoms with Crippen LogP contribution in [0.25, 0.3) is 0 Å². The third-order valence-corrected chi connectivity index (χ3v) is 3.90. The molecule has 0 aliphatic carbocycles. The standard InChI is InChI=1S/C16H16Cl2/c1-12-6-8-13(9-7-12)15(11-17)10-14-4-2-3-5-16(14)18/h2-9,15H,10-11H2,1H3. The summed E-state index contributed by atoms with van der Waals surface area (Å²) in [5, 5.41) is 0.819. The van der Waals surface area contributed by atoms with Gasteiger partial charge in [-0.3, -0.25) is 0 Å². The maximum atomic E-state index is 6.19. The molecule has 0 amide bonds. The van der Waals surface area contributed by atoms with Gasteiger partial charge in [-0.05, 0) is 30.5 Å². The van der Waals surface area contributed by atoms with E-state index in [0.29, 0.717) is 11.8 Å². The maximum absolute atomic E-state index is 6.19. The van der Waals surface area contributed by atoms with E-state index in [0.717, 1.165) is 17.0 Å². The molecular formula is C16H16Cl2. The van der Waals surface area contributed by atoms with Crippen LogP contribution >= 0.6 is 23.2 Å². The Hall–Kier alpha value is -0.980. The minimum Gasteiger partial charge on any atom is -0.126 e. The van der Waals surface area contributed by atoms with Gasteiger partial charge in [0.1, 0.15) is 0 Å². The van der Waals surface area contributed by atoms with Gasteiger partial charge in [-0.2, -0.15) is 0 Å². The quantitative estimate of drug-likeness (QED) is 0.674. The molecular weight excluding hydrogens is 263 g/mol. The highest BCUT2D eigenvalue weighted by Crippen LogP contribution is 2.26. The Morgan fingerprint density at radius 1 is 1.00 bits per heavy atom. The molecule has 2 aromatic rings. The zero-order valence-corrected chi connectivity index (χ0v) is 11.9. The molecule has 0 radical (unpaired) electrons. The SMILES string of the molecule is Cc1ccc(C(CCl)Cc2ccccc2Cl)cc1. The van der Waals surface area contributed by atoms with Crippen LogP contribution in [0, 0.1) is 6.92 Å². The second-order valence-electron chi connectivity index (χ2n) is 4.56. The van der Waals surface area contributed by atoms with Crippen molar-refractivity contribution in [3.05, 3.63) is 70.2 Å². The van der Waals surface area contributed by atoms with Gasteiger partial charge in [0.25, 0.3) is 0 Å². The molecule has 1 atom stereocenters. The predicted octanol–water partition coefficient (Wildman–Crippen LogP) is 5.21. The van der Waals surface area contributed by atoms with E-state index in [2.05, 4.69) is 37.3 Å². The summed E-state index contributed by atoms with van der Waals surface area (Å²) in [6, 6.07) is 16.5. The van der Waals surface area contributed by atoms with Crippen LogP contribution in [0.3, 0.4) is 0 Å². The molecule has 0 aliphatic heterocycles. The number of hydrogen-bond donors (Lipinski definition) is 0. The van der Waals surface area contributed by atoms with Crippen LogP contribution in [-0.2, 0) is 6.42 Å². The highest BCUT2D eigenvalue weighted by atomic mass is 35.5. The molecule has 0 nitrogen and oxygen atoms in total. The molecule has 0 aromatic heterocycles. The number of halogens is 2. The van der Waals surface area contributed by atoms with Gasteiger partial charge in [0, 0.05) is 16.8 Å². The van der Waals surface area contributed by atoms with E-state index in [1.165, 1.54) is 11.1 Å². The molecule has 0 aliphatic rings. The Bertz CT molecular complexity index is 503. The van der Waals surface area contributed by atoms with Gasteiger partial charge in [-0.25, -0.2) is 0 Å². The number of hydrogen-bond acceptors (Lipinski definition) is 0. The van der Waals surface area contributed by atoms with E-state index in [4.69, 9.17) is 23.2 Å². The van der Waals surface area contributed by atoms with Crippen molar-refractivity contribution in [3.63, 3.8) is 0 Å². The predicted molar refractivity (Wildman–Crippen MR) is 79.8 cm³/mol. The van der Waals surface area contributed by atoms with Crippen LogP contribution in [0.4, 0.5) is 0 Å². The second kappa shape index (κ2) is 6.26. The lowest BCUT2D eigenvalue weighted by Gasteiger charge is -2.15. The third kappa shape index (κ3) is 3.28. The summed E-state index contributed by atoms with van der Waals surface area (Å²) in [4.78, 5) is 0. The Morgan fingerprint density at radius 3 is 2.28 bits per heavy atom. The van der Waals surface area contributed by atoms with Crippen molar-refractivity contribution in [2.45, 2.75) is 19.3 Å². The molecule has 2 heteroatoms. The summed E-state index contributed by atoms with van der Waals surface area (Å²) >= 11 is 12.3. The molecule has 18 heavy (non-hydrogen) atoms. The zero-order chi connectivity index (χ0) is 13.0. The fraction of sp³-hybridized carbons (Fsp3) is 0.250. The summed E-state index contributed by atoms with van der Waals surface area (Å²) in [5.74, 6) is 0.918. The van der Waals surface area contributed by atoms with Gasteiger partial charge in [0.2, 0.25) is 0 Å². The maximum Gasteiger partial charge on any atom is 0.0438 e. The Kier molecular flexibility index (Phi) is 4.68. The number of rotatable bonds is 4. The van der Waals surface area contributed by atoms with Gasteiger partial charge in [0.15, 0.2) is 0 Å². The van der Waals surface area contributed by atoms with Crippen molar-refractivity contribution in [2.24, 2.45) is 0 Å². The minimum atomic E-state index is 0.312. The van der Waals surface area contributed by atoms with Crippen LogP contribution in [0.1, 0.15) is 22.6 Å². The fourth-order valence-corrected chi connectivity index (χ4v) is 2.53. The molecule has 0 fully saturated rings. The second-order valence-corrected chi connectivity index (χ2v) is 5.27. The summed E-state index contributed by atoms with van der Waals surface area (Å²) in [6.45, 7) is 2.09. The van der Waals surface area contributed by atoms with Gasteiger partial charge < -0.3 is 0 Å². The van der Waals surface area contributed by atoms with Crippen molar-refractivity contribution >= 4 is 23.2 Å². The molecule has 0 heterocycles.